The van der Waals surface area contributed by atoms with Crippen molar-refractivity contribution in [2.75, 3.05) is 13.1 Å². The quantitative estimate of drug-likeness (QED) is 0.732. The predicted molar refractivity (Wildman–Crippen MR) is 107 cm³/mol. The standard InChI is InChI=1S/C21H29N3O2S/c1-17-13-22-21(24(17)15-18-9-10-18)12-20-8-5-11-23(14-20)27(25,26)16-19-6-3-2-4-7-19/h2-4,6-7,13,18,20H,5,8-12,14-16H2,1H3. The van der Waals surface area contributed by atoms with Gasteiger partial charge in [0.1, 0.15) is 5.82 Å². The topological polar surface area (TPSA) is 55.2 Å². The molecule has 146 valence electrons. The Balaban J connectivity index is 1.42. The molecule has 0 radical (unpaired) electrons. The number of imidazole rings is 1. The van der Waals surface area contributed by atoms with Gasteiger partial charge < -0.3 is 4.57 Å². The Hall–Kier alpha value is -1.66. The van der Waals surface area contributed by atoms with E-state index in [0.717, 1.165) is 43.1 Å². The smallest absolute Gasteiger partial charge is 0.218 e. The molecular formula is C21H29N3O2S. The first kappa shape index (κ1) is 18.7. The molecule has 2 heterocycles. The summed E-state index contributed by atoms with van der Waals surface area (Å²) in [6, 6.07) is 9.48. The van der Waals surface area contributed by atoms with Crippen molar-refractivity contribution >= 4 is 10.0 Å². The van der Waals surface area contributed by atoms with E-state index in [4.69, 9.17) is 0 Å². The van der Waals surface area contributed by atoms with Crippen LogP contribution in [0.3, 0.4) is 0 Å². The fraction of sp³-hybridized carbons (Fsp3) is 0.571. The molecule has 1 saturated heterocycles. The molecule has 6 heteroatoms. The SMILES string of the molecule is Cc1cnc(CC2CCCN(S(=O)(=O)Cc3ccccc3)C2)n1CC1CC1. The maximum atomic E-state index is 12.9. The molecule has 5 nitrogen and oxygen atoms in total. The van der Waals surface area contributed by atoms with Gasteiger partial charge in [-0.05, 0) is 50.0 Å². The predicted octanol–water partition coefficient (Wildman–Crippen LogP) is 3.39. The van der Waals surface area contributed by atoms with Gasteiger partial charge >= 0.3 is 0 Å². The van der Waals surface area contributed by atoms with Crippen LogP contribution in [0.5, 0.6) is 0 Å². The van der Waals surface area contributed by atoms with E-state index in [1.54, 1.807) is 4.31 Å². The Kier molecular flexibility index (Phi) is 5.37. The lowest BCUT2D eigenvalue weighted by Crippen LogP contribution is -2.41. The first-order valence-corrected chi connectivity index (χ1v) is 11.6. The van der Waals surface area contributed by atoms with Crippen molar-refractivity contribution in [3.8, 4) is 0 Å². The van der Waals surface area contributed by atoms with Crippen molar-refractivity contribution in [1.29, 1.82) is 0 Å². The van der Waals surface area contributed by atoms with E-state index in [1.165, 1.54) is 18.5 Å². The summed E-state index contributed by atoms with van der Waals surface area (Å²) in [5.41, 5.74) is 2.08. The molecule has 0 bridgehead atoms. The second-order valence-electron chi connectivity index (χ2n) is 8.18. The Morgan fingerprint density at radius 3 is 2.63 bits per heavy atom. The van der Waals surface area contributed by atoms with Gasteiger partial charge in [-0.1, -0.05) is 30.3 Å². The lowest BCUT2D eigenvalue weighted by molar-refractivity contribution is 0.261. The summed E-state index contributed by atoms with van der Waals surface area (Å²) in [7, 11) is -3.27. The van der Waals surface area contributed by atoms with E-state index in [0.29, 0.717) is 19.0 Å². The fourth-order valence-electron chi connectivity index (χ4n) is 4.06. The molecule has 1 aromatic heterocycles. The molecule has 4 rings (SSSR count). The zero-order chi connectivity index (χ0) is 18.9. The largest absolute Gasteiger partial charge is 0.332 e. The Morgan fingerprint density at radius 1 is 1.11 bits per heavy atom. The van der Waals surface area contributed by atoms with Crippen LogP contribution in [0.4, 0.5) is 0 Å². The number of nitrogens with zero attached hydrogens (tertiary/aromatic N) is 3. The Bertz CT molecular complexity index is 872. The molecule has 2 aliphatic rings. The molecule has 1 unspecified atom stereocenters. The van der Waals surface area contributed by atoms with Gasteiger partial charge in [0, 0.05) is 37.9 Å². The Labute approximate surface area is 162 Å². The van der Waals surface area contributed by atoms with Crippen LogP contribution >= 0.6 is 0 Å². The summed E-state index contributed by atoms with van der Waals surface area (Å²) in [6.07, 6.45) is 7.49. The van der Waals surface area contributed by atoms with Crippen LogP contribution in [0.15, 0.2) is 36.5 Å². The summed E-state index contributed by atoms with van der Waals surface area (Å²) >= 11 is 0. The summed E-state index contributed by atoms with van der Waals surface area (Å²) < 4.78 is 29.8. The molecule has 2 fully saturated rings. The number of aromatic nitrogens is 2. The molecule has 0 N–H and O–H groups in total. The maximum absolute atomic E-state index is 12.9. The normalized spacial score (nSPS) is 21.4. The van der Waals surface area contributed by atoms with Crippen molar-refractivity contribution in [2.45, 2.75) is 51.3 Å². The van der Waals surface area contributed by atoms with E-state index in [9.17, 15) is 8.42 Å². The minimum absolute atomic E-state index is 0.0932. The van der Waals surface area contributed by atoms with Gasteiger partial charge in [-0.3, -0.25) is 0 Å². The third-order valence-corrected chi connectivity index (χ3v) is 7.63. The second-order valence-corrected chi connectivity index (χ2v) is 10.2. The molecule has 1 aromatic carbocycles. The molecule has 1 aliphatic carbocycles. The molecule has 0 amide bonds. The third-order valence-electron chi connectivity index (χ3n) is 5.81. The molecule has 27 heavy (non-hydrogen) atoms. The third kappa shape index (κ3) is 4.61. The highest BCUT2D eigenvalue weighted by molar-refractivity contribution is 7.88. The van der Waals surface area contributed by atoms with Gasteiger partial charge in [0.15, 0.2) is 0 Å². The highest BCUT2D eigenvalue weighted by atomic mass is 32.2. The van der Waals surface area contributed by atoms with E-state index < -0.39 is 10.0 Å². The Morgan fingerprint density at radius 2 is 1.89 bits per heavy atom. The van der Waals surface area contributed by atoms with Gasteiger partial charge in [0.2, 0.25) is 10.0 Å². The highest BCUT2D eigenvalue weighted by Gasteiger charge is 2.30. The van der Waals surface area contributed by atoms with Crippen molar-refractivity contribution in [3.63, 3.8) is 0 Å². The average Bonchev–Trinajstić information content (AvgIpc) is 3.42. The first-order valence-electron chi connectivity index (χ1n) is 10.0. The lowest BCUT2D eigenvalue weighted by atomic mass is 9.96. The highest BCUT2D eigenvalue weighted by Crippen LogP contribution is 2.32. The van der Waals surface area contributed by atoms with E-state index in [2.05, 4.69) is 16.5 Å². The number of sulfonamides is 1. The van der Waals surface area contributed by atoms with E-state index in [-0.39, 0.29) is 5.75 Å². The second kappa shape index (κ2) is 7.76. The number of benzene rings is 1. The monoisotopic (exact) mass is 387 g/mol. The average molecular weight is 388 g/mol. The fourth-order valence-corrected chi connectivity index (χ4v) is 5.70. The van der Waals surface area contributed by atoms with Crippen LogP contribution in [-0.4, -0.2) is 35.4 Å². The van der Waals surface area contributed by atoms with Gasteiger partial charge in [0.25, 0.3) is 0 Å². The van der Waals surface area contributed by atoms with Crippen molar-refractivity contribution in [3.05, 3.63) is 53.6 Å². The van der Waals surface area contributed by atoms with Gasteiger partial charge in [-0.15, -0.1) is 0 Å². The van der Waals surface area contributed by atoms with Crippen LogP contribution in [0.2, 0.25) is 0 Å². The first-order chi connectivity index (χ1) is 13.0. The lowest BCUT2D eigenvalue weighted by Gasteiger charge is -2.32. The zero-order valence-electron chi connectivity index (χ0n) is 16.0. The van der Waals surface area contributed by atoms with Gasteiger partial charge in [-0.2, -0.15) is 0 Å². The summed E-state index contributed by atoms with van der Waals surface area (Å²) in [6.45, 7) is 4.45. The van der Waals surface area contributed by atoms with Gasteiger partial charge in [0.05, 0.1) is 5.75 Å². The van der Waals surface area contributed by atoms with Crippen molar-refractivity contribution in [2.24, 2.45) is 11.8 Å². The van der Waals surface area contributed by atoms with E-state index >= 15 is 0 Å². The molecule has 1 saturated carbocycles. The summed E-state index contributed by atoms with van der Waals surface area (Å²) in [4.78, 5) is 4.64. The molecule has 1 aliphatic heterocycles. The van der Waals surface area contributed by atoms with Crippen molar-refractivity contribution < 1.29 is 8.42 Å². The minimum Gasteiger partial charge on any atom is -0.332 e. The van der Waals surface area contributed by atoms with E-state index in [1.807, 2.05) is 36.5 Å². The number of piperidine rings is 1. The van der Waals surface area contributed by atoms with Crippen molar-refractivity contribution in [1.82, 2.24) is 13.9 Å². The molecular weight excluding hydrogens is 358 g/mol. The molecule has 2 aromatic rings. The number of rotatable bonds is 7. The molecule has 1 atom stereocenters. The van der Waals surface area contributed by atoms with Crippen LogP contribution < -0.4 is 0 Å². The van der Waals surface area contributed by atoms with Crippen LogP contribution in [-0.2, 0) is 28.7 Å². The number of hydrogen-bond acceptors (Lipinski definition) is 3. The zero-order valence-corrected chi connectivity index (χ0v) is 16.9. The molecule has 0 spiro atoms. The van der Waals surface area contributed by atoms with Crippen LogP contribution in [0.25, 0.3) is 0 Å². The maximum Gasteiger partial charge on any atom is 0.218 e. The number of hydrogen-bond donors (Lipinski definition) is 0. The van der Waals surface area contributed by atoms with Crippen LogP contribution in [0, 0.1) is 18.8 Å². The minimum atomic E-state index is -3.27. The van der Waals surface area contributed by atoms with Gasteiger partial charge in [-0.25, -0.2) is 17.7 Å². The summed E-state index contributed by atoms with van der Waals surface area (Å²) in [5, 5.41) is 0. The summed E-state index contributed by atoms with van der Waals surface area (Å²) in [5.74, 6) is 2.39. The number of aryl methyl sites for hydroxylation is 1. The van der Waals surface area contributed by atoms with Crippen LogP contribution in [0.1, 0.15) is 42.8 Å².